The lowest BCUT2D eigenvalue weighted by atomic mass is 10.1. The molecule has 0 atom stereocenters. The van der Waals surface area contributed by atoms with Crippen molar-refractivity contribution in [3.63, 3.8) is 0 Å². The molecule has 0 aromatic carbocycles. The van der Waals surface area contributed by atoms with Crippen molar-refractivity contribution in [2.24, 2.45) is 5.92 Å². The molecule has 0 radical (unpaired) electrons. The number of amides is 1. The van der Waals surface area contributed by atoms with Crippen LogP contribution >= 0.6 is 12.4 Å². The summed E-state index contributed by atoms with van der Waals surface area (Å²) >= 11 is 0. The number of carboxylic acids is 1. The molecule has 1 saturated carbocycles. The van der Waals surface area contributed by atoms with Gasteiger partial charge in [0.2, 0.25) is 5.91 Å². The monoisotopic (exact) mass is 278 g/mol. The van der Waals surface area contributed by atoms with Gasteiger partial charge in [0.05, 0.1) is 6.54 Å². The molecule has 0 bridgehead atoms. The summed E-state index contributed by atoms with van der Waals surface area (Å²) in [5, 5.41) is 10.9. The summed E-state index contributed by atoms with van der Waals surface area (Å²) in [7, 11) is 0. The second kappa shape index (κ2) is 8.32. The van der Waals surface area contributed by atoms with Gasteiger partial charge in [-0.15, -0.1) is 12.4 Å². The first-order valence-electron chi connectivity index (χ1n) is 6.21. The zero-order valence-electron chi connectivity index (χ0n) is 11.0. The fourth-order valence-electron chi connectivity index (χ4n) is 1.67. The van der Waals surface area contributed by atoms with E-state index in [1.807, 2.05) is 0 Å². The quantitative estimate of drug-likeness (QED) is 0.698. The molecule has 0 heterocycles. The Balaban J connectivity index is 0.00000289. The number of aliphatic carboxylic acids is 1. The molecule has 1 fully saturated rings. The largest absolute Gasteiger partial charge is 0.480 e. The van der Waals surface area contributed by atoms with Crippen LogP contribution in [0.3, 0.4) is 0 Å². The van der Waals surface area contributed by atoms with Crippen LogP contribution in [-0.4, -0.2) is 47.6 Å². The zero-order chi connectivity index (χ0) is 12.8. The predicted molar refractivity (Wildman–Crippen MR) is 71.9 cm³/mol. The van der Waals surface area contributed by atoms with Crippen molar-refractivity contribution in [2.45, 2.75) is 39.2 Å². The van der Waals surface area contributed by atoms with E-state index in [-0.39, 0.29) is 24.9 Å². The first-order valence-corrected chi connectivity index (χ1v) is 6.21. The fraction of sp³-hybridized carbons (Fsp3) is 0.833. The van der Waals surface area contributed by atoms with Crippen LogP contribution in [0.5, 0.6) is 0 Å². The van der Waals surface area contributed by atoms with Crippen LogP contribution in [0.4, 0.5) is 0 Å². The number of hydrogen-bond donors (Lipinski definition) is 2. The molecule has 1 aliphatic rings. The van der Waals surface area contributed by atoms with Gasteiger partial charge in [-0.3, -0.25) is 14.5 Å². The Bertz CT molecular complexity index is 280. The average molecular weight is 279 g/mol. The van der Waals surface area contributed by atoms with Crippen LogP contribution in [-0.2, 0) is 9.59 Å². The molecule has 1 aliphatic carbocycles. The molecule has 0 aromatic heterocycles. The molecule has 0 aromatic rings. The van der Waals surface area contributed by atoms with Gasteiger partial charge >= 0.3 is 5.97 Å². The maximum atomic E-state index is 11.5. The lowest BCUT2D eigenvalue weighted by Crippen LogP contribution is -2.40. The van der Waals surface area contributed by atoms with E-state index in [4.69, 9.17) is 5.11 Å². The van der Waals surface area contributed by atoms with E-state index >= 15 is 0 Å². The van der Waals surface area contributed by atoms with Gasteiger partial charge in [0.25, 0.3) is 0 Å². The lowest BCUT2D eigenvalue weighted by Gasteiger charge is -2.22. The fourth-order valence-corrected chi connectivity index (χ4v) is 1.67. The van der Waals surface area contributed by atoms with Gasteiger partial charge in [-0.05, 0) is 31.7 Å². The molecule has 18 heavy (non-hydrogen) atoms. The summed E-state index contributed by atoms with van der Waals surface area (Å²) < 4.78 is 0. The average Bonchev–Trinajstić information content (AvgIpc) is 3.04. The van der Waals surface area contributed by atoms with Crippen molar-refractivity contribution in [2.75, 3.05) is 19.6 Å². The van der Waals surface area contributed by atoms with E-state index in [1.54, 1.807) is 0 Å². The summed E-state index contributed by atoms with van der Waals surface area (Å²) in [6.07, 6.45) is 3.39. The number of halogens is 1. The van der Waals surface area contributed by atoms with Gasteiger partial charge in [0.15, 0.2) is 0 Å². The lowest BCUT2D eigenvalue weighted by molar-refractivity contribution is -0.138. The van der Waals surface area contributed by atoms with Crippen molar-refractivity contribution in [3.8, 4) is 0 Å². The standard InChI is InChI=1S/C12H22N2O3.ClH/c1-9(2)5-6-14(10-3-4-10)8-11(15)13-7-12(16)17;/h9-10H,3-8H2,1-2H3,(H,13,15)(H,16,17);1H. The van der Waals surface area contributed by atoms with Crippen molar-refractivity contribution in [1.82, 2.24) is 10.2 Å². The molecule has 1 rings (SSSR count). The Kier molecular flexibility index (Phi) is 7.95. The molecule has 0 saturated heterocycles. The molecule has 2 N–H and O–H groups in total. The molecule has 0 spiro atoms. The molecule has 0 aliphatic heterocycles. The number of nitrogens with zero attached hydrogens (tertiary/aromatic N) is 1. The number of carbonyl (C=O) groups is 2. The van der Waals surface area contributed by atoms with Crippen LogP contribution in [0.1, 0.15) is 33.1 Å². The molecule has 6 heteroatoms. The van der Waals surface area contributed by atoms with Crippen LogP contribution in [0.2, 0.25) is 0 Å². The topological polar surface area (TPSA) is 69.6 Å². The predicted octanol–water partition coefficient (Wildman–Crippen LogP) is 1.12. The minimum absolute atomic E-state index is 0. The van der Waals surface area contributed by atoms with Gasteiger partial charge in [-0.25, -0.2) is 0 Å². The van der Waals surface area contributed by atoms with Crippen LogP contribution in [0, 0.1) is 5.92 Å². The second-order valence-corrected chi connectivity index (χ2v) is 5.05. The highest BCUT2D eigenvalue weighted by molar-refractivity contribution is 5.85. The minimum atomic E-state index is -1.00. The molecular weight excluding hydrogens is 256 g/mol. The van der Waals surface area contributed by atoms with E-state index in [2.05, 4.69) is 24.1 Å². The van der Waals surface area contributed by atoms with Crippen molar-refractivity contribution in [1.29, 1.82) is 0 Å². The molecule has 5 nitrogen and oxygen atoms in total. The highest BCUT2D eigenvalue weighted by atomic mass is 35.5. The summed E-state index contributed by atoms with van der Waals surface area (Å²) in [6.45, 7) is 5.28. The first kappa shape index (κ1) is 17.2. The summed E-state index contributed by atoms with van der Waals surface area (Å²) in [4.78, 5) is 24.0. The summed E-state index contributed by atoms with van der Waals surface area (Å²) in [5.74, 6) is -0.570. The third-order valence-corrected chi connectivity index (χ3v) is 2.84. The van der Waals surface area contributed by atoms with E-state index in [1.165, 1.54) is 0 Å². The van der Waals surface area contributed by atoms with Gasteiger partial charge < -0.3 is 10.4 Å². The Morgan fingerprint density at radius 2 is 2.00 bits per heavy atom. The number of carboxylic acid groups (broad SMARTS) is 1. The van der Waals surface area contributed by atoms with E-state index in [0.29, 0.717) is 18.5 Å². The smallest absolute Gasteiger partial charge is 0.322 e. The third kappa shape index (κ3) is 7.50. The number of nitrogens with one attached hydrogen (secondary N) is 1. The van der Waals surface area contributed by atoms with E-state index in [0.717, 1.165) is 25.8 Å². The molecule has 0 unspecified atom stereocenters. The van der Waals surface area contributed by atoms with E-state index < -0.39 is 5.97 Å². The normalized spacial score (nSPS) is 14.4. The van der Waals surface area contributed by atoms with Crippen molar-refractivity contribution >= 4 is 24.3 Å². The van der Waals surface area contributed by atoms with Crippen LogP contribution < -0.4 is 5.32 Å². The summed E-state index contributed by atoms with van der Waals surface area (Å²) in [6, 6.07) is 0.532. The van der Waals surface area contributed by atoms with E-state index in [9.17, 15) is 9.59 Å². The molecule has 106 valence electrons. The Morgan fingerprint density at radius 1 is 1.39 bits per heavy atom. The van der Waals surface area contributed by atoms with Crippen molar-refractivity contribution < 1.29 is 14.7 Å². The number of hydrogen-bond acceptors (Lipinski definition) is 3. The van der Waals surface area contributed by atoms with Crippen LogP contribution in [0.15, 0.2) is 0 Å². The van der Waals surface area contributed by atoms with Gasteiger partial charge in [0, 0.05) is 6.04 Å². The van der Waals surface area contributed by atoms with Gasteiger partial charge in [-0.2, -0.15) is 0 Å². The summed E-state index contributed by atoms with van der Waals surface area (Å²) in [5.41, 5.74) is 0. The highest BCUT2D eigenvalue weighted by Gasteiger charge is 2.29. The highest BCUT2D eigenvalue weighted by Crippen LogP contribution is 2.26. The minimum Gasteiger partial charge on any atom is -0.480 e. The van der Waals surface area contributed by atoms with Crippen molar-refractivity contribution in [3.05, 3.63) is 0 Å². The number of rotatable bonds is 8. The maximum absolute atomic E-state index is 11.5. The van der Waals surface area contributed by atoms with Gasteiger partial charge in [0.1, 0.15) is 6.54 Å². The first-order chi connectivity index (χ1) is 7.99. The van der Waals surface area contributed by atoms with Gasteiger partial charge in [-0.1, -0.05) is 13.8 Å². The molecule has 1 amide bonds. The maximum Gasteiger partial charge on any atom is 0.322 e. The molecular formula is C12H23ClN2O3. The van der Waals surface area contributed by atoms with Crippen LogP contribution in [0.25, 0.3) is 0 Å². The third-order valence-electron chi connectivity index (χ3n) is 2.84. The second-order valence-electron chi connectivity index (χ2n) is 5.05. The SMILES string of the molecule is CC(C)CCN(CC(=O)NCC(=O)O)C1CC1.Cl. The zero-order valence-corrected chi connectivity index (χ0v) is 11.8. The number of carbonyl (C=O) groups excluding carboxylic acids is 1. The Labute approximate surface area is 114 Å². The Hall–Kier alpha value is -0.810. The Morgan fingerprint density at radius 3 is 2.44 bits per heavy atom.